The van der Waals surface area contributed by atoms with Gasteiger partial charge in [-0.25, -0.2) is 4.79 Å². The Bertz CT molecular complexity index is 771. The largest absolute Gasteiger partial charge is 0.465 e. The molecule has 1 atom stereocenters. The summed E-state index contributed by atoms with van der Waals surface area (Å²) in [4.78, 5) is 35.1. The minimum atomic E-state index is -0.415. The Kier molecular flexibility index (Phi) is 7.55. The Morgan fingerprint density at radius 3 is 2.30 bits per heavy atom. The van der Waals surface area contributed by atoms with Gasteiger partial charge in [-0.1, -0.05) is 49.4 Å². The Labute approximate surface area is 158 Å². The monoisotopic (exact) mass is 369 g/mol. The molecule has 0 radical (unpaired) electrons. The number of benzene rings is 2. The molecular formula is C21H23NO5. The first-order chi connectivity index (χ1) is 13.0. The number of esters is 2. The SMILES string of the molecule is COC(=O)c1ccc(CNC(=O)COC(=O)C[C@H](C)c2ccccc2)cc1. The molecule has 0 heterocycles. The first-order valence-electron chi connectivity index (χ1n) is 8.64. The lowest BCUT2D eigenvalue weighted by atomic mass is 9.98. The number of hydrogen-bond acceptors (Lipinski definition) is 5. The summed E-state index contributed by atoms with van der Waals surface area (Å²) in [5.74, 6) is -1.19. The van der Waals surface area contributed by atoms with E-state index >= 15 is 0 Å². The number of carbonyl (C=O) groups is 3. The Balaban J connectivity index is 1.71. The van der Waals surface area contributed by atoms with Crippen LogP contribution < -0.4 is 5.32 Å². The van der Waals surface area contributed by atoms with Gasteiger partial charge in [-0.15, -0.1) is 0 Å². The topological polar surface area (TPSA) is 81.7 Å². The van der Waals surface area contributed by atoms with Crippen LogP contribution in [0, 0.1) is 0 Å². The third-order valence-electron chi connectivity index (χ3n) is 4.07. The Morgan fingerprint density at radius 1 is 1.00 bits per heavy atom. The quantitative estimate of drug-likeness (QED) is 0.724. The highest BCUT2D eigenvalue weighted by molar-refractivity contribution is 5.89. The van der Waals surface area contributed by atoms with E-state index in [1.807, 2.05) is 37.3 Å². The van der Waals surface area contributed by atoms with E-state index in [1.165, 1.54) is 7.11 Å². The number of nitrogens with one attached hydrogen (secondary N) is 1. The summed E-state index contributed by atoms with van der Waals surface area (Å²) >= 11 is 0. The molecule has 0 aliphatic carbocycles. The van der Waals surface area contributed by atoms with Crippen LogP contribution in [0.5, 0.6) is 0 Å². The zero-order valence-electron chi connectivity index (χ0n) is 15.4. The molecule has 1 N–H and O–H groups in total. The van der Waals surface area contributed by atoms with E-state index in [0.717, 1.165) is 11.1 Å². The van der Waals surface area contributed by atoms with Crippen LogP contribution in [0.4, 0.5) is 0 Å². The predicted octanol–water partition coefficient (Wildman–Crippen LogP) is 2.83. The molecule has 2 aromatic carbocycles. The average molecular weight is 369 g/mol. The third-order valence-corrected chi connectivity index (χ3v) is 4.07. The maximum atomic E-state index is 11.9. The van der Waals surface area contributed by atoms with Gasteiger partial charge >= 0.3 is 11.9 Å². The van der Waals surface area contributed by atoms with Crippen LogP contribution in [0.25, 0.3) is 0 Å². The fourth-order valence-corrected chi connectivity index (χ4v) is 2.48. The van der Waals surface area contributed by atoms with E-state index in [4.69, 9.17) is 4.74 Å². The van der Waals surface area contributed by atoms with Crippen molar-refractivity contribution in [1.29, 1.82) is 0 Å². The van der Waals surface area contributed by atoms with Crippen LogP contribution in [0.2, 0.25) is 0 Å². The molecule has 0 unspecified atom stereocenters. The van der Waals surface area contributed by atoms with E-state index in [-0.39, 0.29) is 31.4 Å². The molecule has 0 fully saturated rings. The molecule has 6 nitrogen and oxygen atoms in total. The van der Waals surface area contributed by atoms with Crippen molar-refractivity contribution in [2.75, 3.05) is 13.7 Å². The van der Waals surface area contributed by atoms with E-state index in [1.54, 1.807) is 24.3 Å². The van der Waals surface area contributed by atoms with Crippen molar-refractivity contribution in [3.05, 3.63) is 71.3 Å². The minimum Gasteiger partial charge on any atom is -0.465 e. The van der Waals surface area contributed by atoms with Crippen molar-refractivity contribution in [3.63, 3.8) is 0 Å². The molecule has 6 heteroatoms. The number of hydrogen-bond donors (Lipinski definition) is 1. The average Bonchev–Trinajstić information content (AvgIpc) is 2.71. The van der Waals surface area contributed by atoms with Gasteiger partial charge in [0, 0.05) is 6.54 Å². The maximum absolute atomic E-state index is 11.9. The van der Waals surface area contributed by atoms with Gasteiger partial charge in [0.2, 0.25) is 0 Å². The van der Waals surface area contributed by atoms with Crippen LogP contribution in [0.1, 0.15) is 40.7 Å². The van der Waals surface area contributed by atoms with Crippen molar-refractivity contribution < 1.29 is 23.9 Å². The number of amides is 1. The van der Waals surface area contributed by atoms with Crippen LogP contribution in [-0.4, -0.2) is 31.6 Å². The molecule has 27 heavy (non-hydrogen) atoms. The second-order valence-corrected chi connectivity index (χ2v) is 6.14. The third kappa shape index (κ3) is 6.58. The number of methoxy groups -OCH3 is 1. The number of carbonyl (C=O) groups excluding carboxylic acids is 3. The molecule has 0 bridgehead atoms. The molecule has 0 aliphatic heterocycles. The predicted molar refractivity (Wildman–Crippen MR) is 100 cm³/mol. The lowest BCUT2D eigenvalue weighted by molar-refractivity contribution is -0.148. The molecule has 0 saturated heterocycles. The summed E-state index contributed by atoms with van der Waals surface area (Å²) in [5.41, 5.74) is 2.31. The van der Waals surface area contributed by atoms with Gasteiger partial charge in [-0.2, -0.15) is 0 Å². The number of rotatable bonds is 8. The summed E-state index contributed by atoms with van der Waals surface area (Å²) in [6.07, 6.45) is 0.215. The van der Waals surface area contributed by atoms with Gasteiger partial charge in [0.25, 0.3) is 5.91 Å². The van der Waals surface area contributed by atoms with Crippen LogP contribution in [-0.2, 0) is 25.6 Å². The molecule has 0 spiro atoms. The molecule has 2 aromatic rings. The molecule has 142 valence electrons. The van der Waals surface area contributed by atoms with Crippen molar-refractivity contribution in [1.82, 2.24) is 5.32 Å². The highest BCUT2D eigenvalue weighted by Gasteiger charge is 2.13. The fraction of sp³-hybridized carbons (Fsp3) is 0.286. The second-order valence-electron chi connectivity index (χ2n) is 6.14. The second kappa shape index (κ2) is 10.1. The Morgan fingerprint density at radius 2 is 1.67 bits per heavy atom. The number of ether oxygens (including phenoxy) is 2. The van der Waals surface area contributed by atoms with Crippen LogP contribution >= 0.6 is 0 Å². The molecule has 0 aromatic heterocycles. The summed E-state index contributed by atoms with van der Waals surface area (Å²) in [6.45, 7) is 1.90. The van der Waals surface area contributed by atoms with E-state index in [0.29, 0.717) is 5.56 Å². The lowest BCUT2D eigenvalue weighted by Crippen LogP contribution is -2.28. The molecule has 1 amide bonds. The summed E-state index contributed by atoms with van der Waals surface area (Å²) < 4.78 is 9.66. The molecule has 2 rings (SSSR count). The fourth-order valence-electron chi connectivity index (χ4n) is 2.48. The smallest absolute Gasteiger partial charge is 0.337 e. The van der Waals surface area contributed by atoms with Gasteiger partial charge in [0.05, 0.1) is 19.1 Å². The van der Waals surface area contributed by atoms with Gasteiger partial charge in [0.15, 0.2) is 6.61 Å². The van der Waals surface area contributed by atoms with E-state index in [2.05, 4.69) is 10.1 Å². The summed E-state index contributed by atoms with van der Waals surface area (Å²) in [6, 6.07) is 16.4. The molecular weight excluding hydrogens is 346 g/mol. The maximum Gasteiger partial charge on any atom is 0.337 e. The standard InChI is InChI=1S/C21H23NO5/c1-15(17-6-4-3-5-7-17)12-20(24)27-14-19(23)22-13-16-8-10-18(11-9-16)21(25)26-2/h3-11,15H,12-14H2,1-2H3,(H,22,23)/t15-/m0/s1. The van der Waals surface area contributed by atoms with Crippen molar-refractivity contribution in [2.24, 2.45) is 0 Å². The van der Waals surface area contributed by atoms with Crippen LogP contribution in [0.15, 0.2) is 54.6 Å². The minimum absolute atomic E-state index is 0.0232. The van der Waals surface area contributed by atoms with Gasteiger partial charge < -0.3 is 14.8 Å². The van der Waals surface area contributed by atoms with Gasteiger partial charge in [0.1, 0.15) is 0 Å². The Hall–Kier alpha value is -3.15. The normalized spacial score (nSPS) is 11.3. The van der Waals surface area contributed by atoms with Crippen molar-refractivity contribution in [2.45, 2.75) is 25.8 Å². The van der Waals surface area contributed by atoms with Crippen LogP contribution in [0.3, 0.4) is 0 Å². The zero-order chi connectivity index (χ0) is 19.6. The highest BCUT2D eigenvalue weighted by atomic mass is 16.5. The lowest BCUT2D eigenvalue weighted by Gasteiger charge is -2.11. The van der Waals surface area contributed by atoms with E-state index in [9.17, 15) is 14.4 Å². The first-order valence-corrected chi connectivity index (χ1v) is 8.64. The van der Waals surface area contributed by atoms with Gasteiger partial charge in [-0.05, 0) is 29.2 Å². The highest BCUT2D eigenvalue weighted by Crippen LogP contribution is 2.18. The van der Waals surface area contributed by atoms with Crippen molar-refractivity contribution >= 4 is 17.8 Å². The molecule has 0 saturated carbocycles. The van der Waals surface area contributed by atoms with Crippen molar-refractivity contribution in [3.8, 4) is 0 Å². The zero-order valence-corrected chi connectivity index (χ0v) is 15.4. The first kappa shape index (κ1) is 20.2. The van der Waals surface area contributed by atoms with Gasteiger partial charge in [-0.3, -0.25) is 9.59 Å². The summed E-state index contributed by atoms with van der Waals surface area (Å²) in [5, 5.41) is 2.67. The van der Waals surface area contributed by atoms with E-state index < -0.39 is 11.9 Å². The molecule has 0 aliphatic rings. The summed E-state index contributed by atoms with van der Waals surface area (Å²) in [7, 11) is 1.32.